The molecule has 0 radical (unpaired) electrons. The summed E-state index contributed by atoms with van der Waals surface area (Å²) in [5, 5.41) is 6.89. The third kappa shape index (κ3) is 3.08. The number of ether oxygens (including phenoxy) is 1. The minimum atomic E-state index is 0.181. The van der Waals surface area contributed by atoms with Gasteiger partial charge in [-0.2, -0.15) is 5.10 Å². The first-order valence-corrected chi connectivity index (χ1v) is 7.89. The molecule has 2 aromatic carbocycles. The average molecular weight is 309 g/mol. The number of methoxy groups -OCH3 is 1. The van der Waals surface area contributed by atoms with Crippen LogP contribution in [-0.4, -0.2) is 19.4 Å². The zero-order chi connectivity index (χ0) is 16.4. The van der Waals surface area contributed by atoms with Crippen LogP contribution in [0, 0.1) is 13.8 Å². The Morgan fingerprint density at radius 2 is 1.91 bits per heavy atom. The summed E-state index contributed by atoms with van der Waals surface area (Å²) in [6.45, 7) is 4.72. The molecule has 0 fully saturated rings. The van der Waals surface area contributed by atoms with Crippen LogP contribution in [0.25, 0.3) is 0 Å². The Labute approximate surface area is 137 Å². The summed E-state index contributed by atoms with van der Waals surface area (Å²) in [5.41, 5.74) is 11.7. The van der Waals surface area contributed by atoms with Crippen LogP contribution in [0.15, 0.2) is 47.6 Å². The quantitative estimate of drug-likeness (QED) is 0.939. The van der Waals surface area contributed by atoms with Crippen LogP contribution in [0.1, 0.15) is 29.2 Å². The summed E-state index contributed by atoms with van der Waals surface area (Å²) in [5.74, 6) is 0.866. The van der Waals surface area contributed by atoms with E-state index in [9.17, 15) is 0 Å². The second kappa shape index (κ2) is 6.42. The van der Waals surface area contributed by atoms with Gasteiger partial charge in [-0.15, -0.1) is 0 Å². The van der Waals surface area contributed by atoms with Gasteiger partial charge in [-0.05, 0) is 48.7 Å². The molecule has 3 rings (SSSR count). The molecule has 0 aromatic heterocycles. The first kappa shape index (κ1) is 15.6. The number of nitrogens with two attached hydrogens (primary N) is 1. The summed E-state index contributed by atoms with van der Waals surface area (Å²) >= 11 is 0. The molecule has 2 N–H and O–H groups in total. The van der Waals surface area contributed by atoms with Crippen molar-refractivity contribution in [3.05, 3.63) is 59.2 Å². The molecule has 0 bridgehead atoms. The van der Waals surface area contributed by atoms with Crippen molar-refractivity contribution < 1.29 is 4.74 Å². The smallest absolute Gasteiger partial charge is 0.118 e. The maximum absolute atomic E-state index is 5.85. The lowest BCUT2D eigenvalue weighted by molar-refractivity contribution is 0.414. The van der Waals surface area contributed by atoms with Crippen molar-refractivity contribution in [2.45, 2.75) is 26.3 Å². The molecule has 0 spiro atoms. The number of hydrazone groups is 1. The van der Waals surface area contributed by atoms with E-state index in [0.717, 1.165) is 23.6 Å². The third-order valence-electron chi connectivity index (χ3n) is 4.32. The molecule has 1 heterocycles. The molecule has 1 atom stereocenters. The summed E-state index contributed by atoms with van der Waals surface area (Å²) in [7, 11) is 1.68. The Bertz CT molecular complexity index is 722. The van der Waals surface area contributed by atoms with Crippen molar-refractivity contribution in [3.8, 4) is 5.75 Å². The molecule has 2 aromatic rings. The highest BCUT2D eigenvalue weighted by molar-refractivity contribution is 5.90. The van der Waals surface area contributed by atoms with Crippen LogP contribution in [0.3, 0.4) is 0 Å². The van der Waals surface area contributed by atoms with E-state index < -0.39 is 0 Å². The monoisotopic (exact) mass is 309 g/mol. The Morgan fingerprint density at radius 3 is 2.57 bits per heavy atom. The molecule has 120 valence electrons. The second-order valence-electron chi connectivity index (χ2n) is 6.00. The second-order valence-corrected chi connectivity index (χ2v) is 6.00. The number of hydrogen-bond acceptors (Lipinski definition) is 4. The van der Waals surface area contributed by atoms with Gasteiger partial charge in [0.05, 0.1) is 24.6 Å². The predicted octanol–water partition coefficient (Wildman–Crippen LogP) is 3.58. The van der Waals surface area contributed by atoms with E-state index in [0.29, 0.717) is 6.54 Å². The summed E-state index contributed by atoms with van der Waals surface area (Å²) in [4.78, 5) is 0. The van der Waals surface area contributed by atoms with Crippen LogP contribution in [0.2, 0.25) is 0 Å². The zero-order valence-corrected chi connectivity index (χ0v) is 13.9. The van der Waals surface area contributed by atoms with E-state index in [1.165, 1.54) is 16.7 Å². The highest BCUT2D eigenvalue weighted by Crippen LogP contribution is 2.37. The largest absolute Gasteiger partial charge is 0.497 e. The zero-order valence-electron chi connectivity index (χ0n) is 13.9. The van der Waals surface area contributed by atoms with Crippen LogP contribution in [0.4, 0.5) is 5.69 Å². The molecule has 0 saturated heterocycles. The first-order chi connectivity index (χ1) is 11.1. The van der Waals surface area contributed by atoms with Crippen LogP contribution >= 0.6 is 0 Å². The normalized spacial score (nSPS) is 17.3. The molecule has 4 heteroatoms. The lowest BCUT2D eigenvalue weighted by Gasteiger charge is -2.26. The third-order valence-corrected chi connectivity index (χ3v) is 4.32. The minimum absolute atomic E-state index is 0.181. The van der Waals surface area contributed by atoms with Gasteiger partial charge in [0.25, 0.3) is 0 Å². The molecular formula is C19H23N3O. The number of hydrogen-bond donors (Lipinski definition) is 1. The molecular weight excluding hydrogens is 286 g/mol. The topological polar surface area (TPSA) is 50.9 Å². The van der Waals surface area contributed by atoms with Gasteiger partial charge in [0.15, 0.2) is 0 Å². The number of rotatable bonds is 4. The van der Waals surface area contributed by atoms with Crippen molar-refractivity contribution in [1.82, 2.24) is 0 Å². The van der Waals surface area contributed by atoms with E-state index >= 15 is 0 Å². The summed E-state index contributed by atoms with van der Waals surface area (Å²) < 4.78 is 5.26. The Kier molecular flexibility index (Phi) is 4.35. The first-order valence-electron chi connectivity index (χ1n) is 7.89. The van der Waals surface area contributed by atoms with Gasteiger partial charge in [-0.25, -0.2) is 0 Å². The SMILES string of the molecule is COc1ccc(C2CC(CN)=NN2c2cc(C)ccc2C)cc1. The van der Waals surface area contributed by atoms with Crippen LogP contribution < -0.4 is 15.5 Å². The number of aryl methyl sites for hydroxylation is 2. The standard InChI is InChI=1S/C19H23N3O/c1-13-4-5-14(2)18(10-13)22-19(11-16(12-20)21-22)15-6-8-17(23-3)9-7-15/h4-10,19H,11-12,20H2,1-3H3. The van der Waals surface area contributed by atoms with Crippen LogP contribution in [0.5, 0.6) is 5.75 Å². The summed E-state index contributed by atoms with van der Waals surface area (Å²) in [6.07, 6.45) is 0.857. The van der Waals surface area contributed by atoms with Crippen molar-refractivity contribution in [3.63, 3.8) is 0 Å². The minimum Gasteiger partial charge on any atom is -0.497 e. The molecule has 1 unspecified atom stereocenters. The van der Waals surface area contributed by atoms with E-state index in [1.54, 1.807) is 7.11 Å². The molecule has 23 heavy (non-hydrogen) atoms. The lowest BCUT2D eigenvalue weighted by Crippen LogP contribution is -2.19. The van der Waals surface area contributed by atoms with Gasteiger partial charge < -0.3 is 10.5 Å². The van der Waals surface area contributed by atoms with Crippen molar-refractivity contribution in [2.24, 2.45) is 10.8 Å². The Hall–Kier alpha value is -2.33. The molecule has 0 amide bonds. The predicted molar refractivity (Wildman–Crippen MR) is 95.2 cm³/mol. The van der Waals surface area contributed by atoms with Gasteiger partial charge in [0.2, 0.25) is 0 Å². The van der Waals surface area contributed by atoms with Crippen molar-refractivity contribution >= 4 is 11.4 Å². The number of anilines is 1. The van der Waals surface area contributed by atoms with E-state index in [1.807, 2.05) is 12.1 Å². The van der Waals surface area contributed by atoms with Gasteiger partial charge in [0.1, 0.15) is 5.75 Å². The average Bonchev–Trinajstić information content (AvgIpc) is 3.01. The van der Waals surface area contributed by atoms with Crippen molar-refractivity contribution in [1.29, 1.82) is 0 Å². The fourth-order valence-corrected chi connectivity index (χ4v) is 2.97. The highest BCUT2D eigenvalue weighted by Gasteiger charge is 2.29. The fraction of sp³-hybridized carbons (Fsp3) is 0.316. The molecule has 0 aliphatic carbocycles. The molecule has 0 saturated carbocycles. The van der Waals surface area contributed by atoms with E-state index in [2.05, 4.69) is 49.2 Å². The Morgan fingerprint density at radius 1 is 1.17 bits per heavy atom. The molecule has 1 aliphatic heterocycles. The number of benzene rings is 2. The van der Waals surface area contributed by atoms with E-state index in [4.69, 9.17) is 15.6 Å². The Balaban J connectivity index is 2.00. The van der Waals surface area contributed by atoms with E-state index in [-0.39, 0.29) is 6.04 Å². The van der Waals surface area contributed by atoms with Crippen LogP contribution in [-0.2, 0) is 0 Å². The fourth-order valence-electron chi connectivity index (χ4n) is 2.97. The summed E-state index contributed by atoms with van der Waals surface area (Å²) in [6, 6.07) is 14.9. The highest BCUT2D eigenvalue weighted by atomic mass is 16.5. The van der Waals surface area contributed by atoms with Gasteiger partial charge in [-0.1, -0.05) is 24.3 Å². The van der Waals surface area contributed by atoms with Gasteiger partial charge in [0, 0.05) is 13.0 Å². The lowest BCUT2D eigenvalue weighted by atomic mass is 10.0. The number of nitrogens with zero attached hydrogens (tertiary/aromatic N) is 2. The molecule has 4 nitrogen and oxygen atoms in total. The van der Waals surface area contributed by atoms with Gasteiger partial charge in [-0.3, -0.25) is 5.01 Å². The maximum atomic E-state index is 5.85. The molecule has 1 aliphatic rings. The maximum Gasteiger partial charge on any atom is 0.118 e. The van der Waals surface area contributed by atoms with Gasteiger partial charge >= 0.3 is 0 Å². The van der Waals surface area contributed by atoms with Crippen molar-refractivity contribution in [2.75, 3.05) is 18.7 Å².